The summed E-state index contributed by atoms with van der Waals surface area (Å²) in [5.74, 6) is -0.174. The number of hydrogen-bond donors (Lipinski definition) is 1. The van der Waals surface area contributed by atoms with Gasteiger partial charge in [-0.1, -0.05) is 30.8 Å². The third-order valence-corrected chi connectivity index (χ3v) is 5.63. The SMILES string of the molecule is CCc1c(C)nc2n(c1=O)C(CC(=O)Nc1ccccc1C(=O)OC)CS2. The molecule has 0 aliphatic carbocycles. The molecule has 1 aromatic carbocycles. The van der Waals surface area contributed by atoms with Crippen LogP contribution in [-0.4, -0.2) is 34.3 Å². The number of ether oxygens (including phenoxy) is 1. The molecule has 0 fully saturated rings. The van der Waals surface area contributed by atoms with E-state index in [1.165, 1.54) is 18.9 Å². The third kappa shape index (κ3) is 3.75. The van der Waals surface area contributed by atoms with Crippen LogP contribution in [0.15, 0.2) is 34.2 Å². The lowest BCUT2D eigenvalue weighted by molar-refractivity contribution is -0.116. The highest BCUT2D eigenvalue weighted by Crippen LogP contribution is 2.33. The summed E-state index contributed by atoms with van der Waals surface area (Å²) in [6, 6.07) is 6.40. The molecule has 1 aliphatic rings. The number of nitrogens with zero attached hydrogens (tertiary/aromatic N) is 2. The fraction of sp³-hybridized carbons (Fsp3) is 0.368. The van der Waals surface area contributed by atoms with Crippen molar-refractivity contribution in [2.24, 2.45) is 0 Å². The van der Waals surface area contributed by atoms with Gasteiger partial charge in [0.2, 0.25) is 5.91 Å². The van der Waals surface area contributed by atoms with Gasteiger partial charge in [-0.3, -0.25) is 14.2 Å². The average Bonchev–Trinajstić information content (AvgIpc) is 3.04. The fourth-order valence-electron chi connectivity index (χ4n) is 3.17. The number of benzene rings is 1. The Kier molecular flexibility index (Phi) is 5.65. The van der Waals surface area contributed by atoms with E-state index in [-0.39, 0.29) is 29.5 Å². The Hall–Kier alpha value is -2.61. The smallest absolute Gasteiger partial charge is 0.339 e. The minimum atomic E-state index is -0.517. The predicted molar refractivity (Wildman–Crippen MR) is 103 cm³/mol. The Morgan fingerprint density at radius 1 is 1.37 bits per heavy atom. The van der Waals surface area contributed by atoms with Crippen molar-refractivity contribution >= 4 is 29.3 Å². The maximum Gasteiger partial charge on any atom is 0.339 e. The number of anilines is 1. The lowest BCUT2D eigenvalue weighted by atomic mass is 10.1. The van der Waals surface area contributed by atoms with Gasteiger partial charge in [-0.25, -0.2) is 9.78 Å². The molecule has 0 saturated heterocycles. The molecule has 1 unspecified atom stereocenters. The molecular formula is C19H21N3O4S. The van der Waals surface area contributed by atoms with Crippen LogP contribution >= 0.6 is 11.8 Å². The normalized spacial score (nSPS) is 15.3. The Bertz CT molecular complexity index is 954. The van der Waals surface area contributed by atoms with Crippen molar-refractivity contribution in [1.82, 2.24) is 9.55 Å². The summed E-state index contributed by atoms with van der Waals surface area (Å²) in [5, 5.41) is 3.41. The van der Waals surface area contributed by atoms with Crippen molar-refractivity contribution in [3.8, 4) is 0 Å². The minimum Gasteiger partial charge on any atom is -0.465 e. The van der Waals surface area contributed by atoms with Gasteiger partial charge in [0.05, 0.1) is 24.4 Å². The summed E-state index contributed by atoms with van der Waals surface area (Å²) in [7, 11) is 1.29. The summed E-state index contributed by atoms with van der Waals surface area (Å²) in [4.78, 5) is 41.7. The summed E-state index contributed by atoms with van der Waals surface area (Å²) >= 11 is 1.48. The Balaban J connectivity index is 1.81. The maximum absolute atomic E-state index is 12.8. The van der Waals surface area contributed by atoms with Crippen LogP contribution in [0.4, 0.5) is 5.69 Å². The van der Waals surface area contributed by atoms with Crippen molar-refractivity contribution in [3.05, 3.63) is 51.4 Å². The van der Waals surface area contributed by atoms with E-state index >= 15 is 0 Å². The number of amides is 1. The molecule has 2 aromatic rings. The molecule has 1 N–H and O–H groups in total. The van der Waals surface area contributed by atoms with Gasteiger partial charge in [0.15, 0.2) is 5.16 Å². The minimum absolute atomic E-state index is 0.0715. The molecule has 27 heavy (non-hydrogen) atoms. The van der Waals surface area contributed by atoms with Crippen LogP contribution in [0.3, 0.4) is 0 Å². The van der Waals surface area contributed by atoms with Crippen LogP contribution in [0, 0.1) is 6.92 Å². The summed E-state index contributed by atoms with van der Waals surface area (Å²) in [6.07, 6.45) is 0.733. The third-order valence-electron chi connectivity index (χ3n) is 4.53. The molecule has 1 amide bonds. The monoisotopic (exact) mass is 387 g/mol. The van der Waals surface area contributed by atoms with Gasteiger partial charge in [-0.15, -0.1) is 0 Å². The number of esters is 1. The summed E-state index contributed by atoms with van der Waals surface area (Å²) in [6.45, 7) is 3.76. The number of para-hydroxylation sites is 1. The van der Waals surface area contributed by atoms with Crippen LogP contribution in [-0.2, 0) is 16.0 Å². The van der Waals surface area contributed by atoms with E-state index < -0.39 is 5.97 Å². The zero-order valence-electron chi connectivity index (χ0n) is 15.4. The molecule has 0 spiro atoms. The molecule has 8 heteroatoms. The second-order valence-corrected chi connectivity index (χ2v) is 7.23. The standard InChI is InChI=1S/C19H21N3O4S/c1-4-13-11(2)20-19-22(17(13)24)12(10-27-19)9-16(23)21-15-8-6-5-7-14(15)18(25)26-3/h5-8,12H,4,9-10H2,1-3H3,(H,21,23). The molecule has 1 atom stereocenters. The second kappa shape index (κ2) is 7.96. The van der Waals surface area contributed by atoms with Gasteiger partial charge in [0.25, 0.3) is 5.56 Å². The zero-order valence-corrected chi connectivity index (χ0v) is 16.3. The number of nitrogens with one attached hydrogen (secondary N) is 1. The van der Waals surface area contributed by atoms with E-state index in [0.717, 1.165) is 5.69 Å². The topological polar surface area (TPSA) is 90.3 Å². The lowest BCUT2D eigenvalue weighted by Crippen LogP contribution is -2.30. The van der Waals surface area contributed by atoms with Crippen LogP contribution in [0.2, 0.25) is 0 Å². The molecule has 0 bridgehead atoms. The second-order valence-electron chi connectivity index (χ2n) is 6.24. The largest absolute Gasteiger partial charge is 0.465 e. The molecule has 142 valence electrons. The van der Waals surface area contributed by atoms with Gasteiger partial charge in [0.1, 0.15) is 0 Å². The highest BCUT2D eigenvalue weighted by Gasteiger charge is 2.29. The van der Waals surface area contributed by atoms with Crippen LogP contribution in [0.25, 0.3) is 0 Å². The van der Waals surface area contributed by atoms with Crippen LogP contribution in [0.5, 0.6) is 0 Å². The first kappa shape index (κ1) is 19.2. The van der Waals surface area contributed by atoms with E-state index in [1.807, 2.05) is 13.8 Å². The van der Waals surface area contributed by atoms with E-state index in [9.17, 15) is 14.4 Å². The van der Waals surface area contributed by atoms with Gasteiger partial charge in [-0.2, -0.15) is 0 Å². The predicted octanol–water partition coefficient (Wildman–Crippen LogP) is 2.58. The molecule has 0 radical (unpaired) electrons. The first-order valence-electron chi connectivity index (χ1n) is 8.68. The highest BCUT2D eigenvalue weighted by atomic mass is 32.2. The van der Waals surface area contributed by atoms with Crippen molar-refractivity contribution in [1.29, 1.82) is 0 Å². The number of methoxy groups -OCH3 is 1. The molecule has 1 aromatic heterocycles. The lowest BCUT2D eigenvalue weighted by Gasteiger charge is -2.16. The summed E-state index contributed by atoms with van der Waals surface area (Å²) in [5.41, 5.74) is 2.04. The number of thioether (sulfide) groups is 1. The number of carbonyl (C=O) groups excluding carboxylic acids is 2. The van der Waals surface area contributed by atoms with E-state index in [0.29, 0.717) is 28.6 Å². The number of aryl methyl sites for hydroxylation is 1. The maximum atomic E-state index is 12.8. The number of rotatable bonds is 5. The molecule has 1 aliphatic heterocycles. The fourth-order valence-corrected chi connectivity index (χ4v) is 4.35. The van der Waals surface area contributed by atoms with Crippen LogP contribution in [0.1, 0.15) is 41.0 Å². The number of hydrogen-bond acceptors (Lipinski definition) is 6. The van der Waals surface area contributed by atoms with Gasteiger partial charge in [-0.05, 0) is 25.5 Å². The molecule has 0 saturated carbocycles. The van der Waals surface area contributed by atoms with Gasteiger partial charge < -0.3 is 10.1 Å². The molecule has 7 nitrogen and oxygen atoms in total. The van der Waals surface area contributed by atoms with E-state index in [2.05, 4.69) is 10.3 Å². The first-order valence-corrected chi connectivity index (χ1v) is 9.66. The van der Waals surface area contributed by atoms with Crippen LogP contribution < -0.4 is 10.9 Å². The van der Waals surface area contributed by atoms with Crippen molar-refractivity contribution < 1.29 is 14.3 Å². The van der Waals surface area contributed by atoms with Crippen molar-refractivity contribution in [2.45, 2.75) is 37.9 Å². The highest BCUT2D eigenvalue weighted by molar-refractivity contribution is 7.99. The average molecular weight is 387 g/mol. The zero-order chi connectivity index (χ0) is 19.6. The molecular weight excluding hydrogens is 366 g/mol. The van der Waals surface area contributed by atoms with Crippen molar-refractivity contribution in [2.75, 3.05) is 18.2 Å². The number of fused-ring (bicyclic) bond motifs is 1. The molecule has 2 heterocycles. The van der Waals surface area contributed by atoms with E-state index in [4.69, 9.17) is 4.74 Å². The Labute approximate surface area is 161 Å². The van der Waals surface area contributed by atoms with Gasteiger partial charge >= 0.3 is 5.97 Å². The van der Waals surface area contributed by atoms with E-state index in [1.54, 1.807) is 28.8 Å². The first-order chi connectivity index (χ1) is 13.0. The Morgan fingerprint density at radius 3 is 2.81 bits per heavy atom. The summed E-state index contributed by atoms with van der Waals surface area (Å²) < 4.78 is 6.37. The van der Waals surface area contributed by atoms with Gasteiger partial charge in [0, 0.05) is 23.4 Å². The Morgan fingerprint density at radius 2 is 2.11 bits per heavy atom. The molecule has 3 rings (SSSR count). The van der Waals surface area contributed by atoms with Crippen molar-refractivity contribution in [3.63, 3.8) is 0 Å². The number of aromatic nitrogens is 2. The quantitative estimate of drug-likeness (QED) is 0.626. The number of carbonyl (C=O) groups is 2.